The second-order valence-electron chi connectivity index (χ2n) is 4.01. The van der Waals surface area contributed by atoms with Gasteiger partial charge in [0.15, 0.2) is 0 Å². The van der Waals surface area contributed by atoms with Gasteiger partial charge >= 0.3 is 0 Å². The average molecular weight is 238 g/mol. The third-order valence-corrected chi connectivity index (χ3v) is 2.87. The van der Waals surface area contributed by atoms with Gasteiger partial charge in [-0.15, -0.1) is 0 Å². The van der Waals surface area contributed by atoms with Gasteiger partial charge in [0.25, 0.3) is 10.1 Å². The minimum absolute atomic E-state index is 0.107. The van der Waals surface area contributed by atoms with E-state index in [0.717, 1.165) is 17.4 Å². The van der Waals surface area contributed by atoms with Gasteiger partial charge in [-0.3, -0.25) is 4.18 Å². The molecule has 1 aliphatic rings. The Morgan fingerprint density at radius 1 is 1.25 bits per heavy atom. The van der Waals surface area contributed by atoms with Crippen LogP contribution in [0.4, 0.5) is 0 Å². The fraction of sp³-hybridized carbons (Fsp3) is 0.333. The molecule has 0 amide bonds. The lowest BCUT2D eigenvalue weighted by Gasteiger charge is -2.01. The highest BCUT2D eigenvalue weighted by Crippen LogP contribution is 2.29. The molecule has 0 unspecified atom stereocenters. The molecular weight excluding hydrogens is 224 g/mol. The van der Waals surface area contributed by atoms with Gasteiger partial charge in [0.2, 0.25) is 0 Å². The third-order valence-electron chi connectivity index (χ3n) is 2.33. The quantitative estimate of drug-likeness (QED) is 0.756. The van der Waals surface area contributed by atoms with Crippen LogP contribution in [-0.4, -0.2) is 14.7 Å². The molecule has 0 aromatic heterocycles. The molecule has 4 heteroatoms. The van der Waals surface area contributed by atoms with Crippen LogP contribution in [-0.2, 0) is 20.9 Å². The third kappa shape index (κ3) is 3.79. The van der Waals surface area contributed by atoms with Gasteiger partial charge < -0.3 is 0 Å². The SMILES string of the molecule is CS(=O)(=O)OCc1ccc(C=C2CC2)cc1. The molecule has 0 bridgehead atoms. The van der Waals surface area contributed by atoms with E-state index < -0.39 is 10.1 Å². The van der Waals surface area contributed by atoms with E-state index in [4.69, 9.17) is 4.18 Å². The molecule has 0 heterocycles. The number of hydrogen-bond acceptors (Lipinski definition) is 3. The maximum atomic E-state index is 10.8. The zero-order valence-corrected chi connectivity index (χ0v) is 9.96. The smallest absolute Gasteiger partial charge is 0.264 e. The number of rotatable bonds is 4. The van der Waals surface area contributed by atoms with E-state index >= 15 is 0 Å². The molecule has 0 atom stereocenters. The lowest BCUT2D eigenvalue weighted by Crippen LogP contribution is -2.02. The number of hydrogen-bond donors (Lipinski definition) is 0. The Kier molecular flexibility index (Phi) is 3.12. The first kappa shape index (κ1) is 11.4. The lowest BCUT2D eigenvalue weighted by molar-refractivity contribution is 0.311. The Morgan fingerprint density at radius 3 is 2.38 bits per heavy atom. The van der Waals surface area contributed by atoms with Crippen LogP contribution in [0.15, 0.2) is 29.8 Å². The van der Waals surface area contributed by atoms with Crippen molar-refractivity contribution in [3.05, 3.63) is 41.0 Å². The number of benzene rings is 1. The van der Waals surface area contributed by atoms with Gasteiger partial charge in [-0.1, -0.05) is 35.9 Å². The minimum Gasteiger partial charge on any atom is -0.265 e. The molecule has 1 aliphatic carbocycles. The van der Waals surface area contributed by atoms with E-state index in [9.17, 15) is 8.42 Å². The second kappa shape index (κ2) is 4.39. The summed E-state index contributed by atoms with van der Waals surface area (Å²) in [6, 6.07) is 7.73. The fourth-order valence-corrected chi connectivity index (χ4v) is 1.69. The molecule has 0 radical (unpaired) electrons. The topological polar surface area (TPSA) is 43.4 Å². The summed E-state index contributed by atoms with van der Waals surface area (Å²) in [7, 11) is -3.35. The van der Waals surface area contributed by atoms with Crippen molar-refractivity contribution < 1.29 is 12.6 Å². The summed E-state index contributed by atoms with van der Waals surface area (Å²) in [4.78, 5) is 0. The Balaban J connectivity index is 1.99. The molecule has 0 N–H and O–H groups in total. The van der Waals surface area contributed by atoms with Crippen molar-refractivity contribution >= 4 is 16.2 Å². The summed E-state index contributed by atoms with van der Waals surface area (Å²) in [5.74, 6) is 0. The molecule has 1 fully saturated rings. The van der Waals surface area contributed by atoms with E-state index in [-0.39, 0.29) is 6.61 Å². The summed E-state index contributed by atoms with van der Waals surface area (Å²) in [5, 5.41) is 0. The standard InChI is InChI=1S/C12H14O3S/c1-16(13,14)15-9-12-6-4-11(5-7-12)8-10-2-3-10/h4-8H,2-3,9H2,1H3. The molecule has 0 spiro atoms. The normalized spacial score (nSPS) is 14.9. The van der Waals surface area contributed by atoms with E-state index in [0.29, 0.717) is 0 Å². The van der Waals surface area contributed by atoms with E-state index in [1.54, 1.807) is 0 Å². The van der Waals surface area contributed by atoms with E-state index in [1.807, 2.05) is 24.3 Å². The van der Waals surface area contributed by atoms with Gasteiger partial charge in [-0.05, 0) is 24.0 Å². The molecule has 1 aromatic carbocycles. The predicted octanol–water partition coefficient (Wildman–Crippen LogP) is 2.34. The van der Waals surface area contributed by atoms with Crippen molar-refractivity contribution in [2.75, 3.05) is 6.26 Å². The first-order valence-electron chi connectivity index (χ1n) is 5.16. The zero-order valence-electron chi connectivity index (χ0n) is 9.14. The molecule has 0 saturated heterocycles. The zero-order chi connectivity index (χ0) is 11.6. The van der Waals surface area contributed by atoms with Crippen molar-refractivity contribution in [1.29, 1.82) is 0 Å². The first-order valence-corrected chi connectivity index (χ1v) is 6.97. The Morgan fingerprint density at radius 2 is 1.88 bits per heavy atom. The monoisotopic (exact) mass is 238 g/mol. The van der Waals surface area contributed by atoms with Crippen molar-refractivity contribution in [3.63, 3.8) is 0 Å². The average Bonchev–Trinajstić information content (AvgIpc) is 3.00. The number of allylic oxidation sites excluding steroid dienone is 1. The van der Waals surface area contributed by atoms with Crippen LogP contribution in [0.3, 0.4) is 0 Å². The molecule has 2 rings (SSSR count). The van der Waals surface area contributed by atoms with Crippen molar-refractivity contribution in [2.24, 2.45) is 0 Å². The van der Waals surface area contributed by atoms with Crippen LogP contribution >= 0.6 is 0 Å². The minimum atomic E-state index is -3.35. The second-order valence-corrected chi connectivity index (χ2v) is 5.65. The highest BCUT2D eigenvalue weighted by Gasteiger charge is 2.10. The van der Waals surface area contributed by atoms with Crippen LogP contribution in [0.5, 0.6) is 0 Å². The highest BCUT2D eigenvalue weighted by molar-refractivity contribution is 7.85. The van der Waals surface area contributed by atoms with Gasteiger partial charge in [-0.25, -0.2) is 0 Å². The van der Waals surface area contributed by atoms with Gasteiger partial charge in [-0.2, -0.15) is 8.42 Å². The molecular formula is C12H14O3S. The van der Waals surface area contributed by atoms with Gasteiger partial charge in [0, 0.05) is 0 Å². The van der Waals surface area contributed by atoms with Crippen molar-refractivity contribution in [2.45, 2.75) is 19.4 Å². The molecule has 3 nitrogen and oxygen atoms in total. The maximum absolute atomic E-state index is 10.8. The summed E-state index contributed by atoms with van der Waals surface area (Å²) >= 11 is 0. The largest absolute Gasteiger partial charge is 0.265 e. The van der Waals surface area contributed by atoms with Crippen LogP contribution in [0.2, 0.25) is 0 Å². The molecule has 86 valence electrons. The van der Waals surface area contributed by atoms with Crippen LogP contribution in [0.25, 0.3) is 6.08 Å². The Labute approximate surface area is 95.9 Å². The molecule has 16 heavy (non-hydrogen) atoms. The predicted molar refractivity (Wildman–Crippen MR) is 63.3 cm³/mol. The van der Waals surface area contributed by atoms with E-state index in [1.165, 1.54) is 18.4 Å². The van der Waals surface area contributed by atoms with Gasteiger partial charge in [0.1, 0.15) is 0 Å². The Bertz CT molecular complexity index is 492. The summed E-state index contributed by atoms with van der Waals surface area (Å²) in [6.45, 7) is 0.107. The fourth-order valence-electron chi connectivity index (χ4n) is 1.34. The van der Waals surface area contributed by atoms with Crippen LogP contribution in [0, 0.1) is 0 Å². The lowest BCUT2D eigenvalue weighted by atomic mass is 10.1. The Hall–Kier alpha value is -1.13. The van der Waals surface area contributed by atoms with Crippen molar-refractivity contribution in [1.82, 2.24) is 0 Å². The van der Waals surface area contributed by atoms with Crippen molar-refractivity contribution in [3.8, 4) is 0 Å². The van der Waals surface area contributed by atoms with Crippen LogP contribution in [0.1, 0.15) is 24.0 Å². The maximum Gasteiger partial charge on any atom is 0.264 e. The molecule has 1 aromatic rings. The molecule has 0 aliphatic heterocycles. The highest BCUT2D eigenvalue weighted by atomic mass is 32.2. The summed E-state index contributed by atoms with van der Waals surface area (Å²) in [6.07, 6.45) is 5.64. The summed E-state index contributed by atoms with van der Waals surface area (Å²) in [5.41, 5.74) is 3.50. The van der Waals surface area contributed by atoms with Gasteiger partial charge in [0.05, 0.1) is 12.9 Å². The summed E-state index contributed by atoms with van der Waals surface area (Å²) < 4.78 is 26.3. The van der Waals surface area contributed by atoms with Crippen LogP contribution < -0.4 is 0 Å². The molecule has 1 saturated carbocycles. The first-order chi connectivity index (χ1) is 7.53. The van der Waals surface area contributed by atoms with E-state index in [2.05, 4.69) is 6.08 Å².